The molecule has 1 amide bonds. The molecular weight excluding hydrogens is 452 g/mol. The number of sulfonamides is 1. The summed E-state index contributed by atoms with van der Waals surface area (Å²) in [6.07, 6.45) is 1.08. The molecule has 8 heteroatoms. The average Bonchev–Trinajstić information content (AvgIpc) is 2.79. The molecule has 1 unspecified atom stereocenters. The van der Waals surface area contributed by atoms with E-state index in [4.69, 9.17) is 9.47 Å². The number of anilines is 1. The first-order valence-corrected chi connectivity index (χ1v) is 12.8. The first-order chi connectivity index (χ1) is 16.1. The van der Waals surface area contributed by atoms with Crippen molar-refractivity contribution in [2.24, 2.45) is 0 Å². The second kappa shape index (κ2) is 11.1. The normalized spacial score (nSPS) is 12.0. The Morgan fingerprint density at radius 1 is 0.971 bits per heavy atom. The van der Waals surface area contributed by atoms with Crippen LogP contribution in [0.5, 0.6) is 17.2 Å². The predicted molar refractivity (Wildman–Crippen MR) is 134 cm³/mol. The van der Waals surface area contributed by atoms with Crippen LogP contribution in [0.2, 0.25) is 0 Å². The van der Waals surface area contributed by atoms with Crippen molar-refractivity contribution in [2.45, 2.75) is 26.8 Å². The maximum absolute atomic E-state index is 12.7. The molecule has 0 saturated carbocycles. The number of benzene rings is 3. The van der Waals surface area contributed by atoms with Crippen molar-refractivity contribution in [1.29, 1.82) is 0 Å². The summed E-state index contributed by atoms with van der Waals surface area (Å²) in [6.45, 7) is 6.01. The Bertz CT molecular complexity index is 1210. The lowest BCUT2D eigenvalue weighted by Crippen LogP contribution is -2.48. The molecule has 0 aromatic heterocycles. The summed E-state index contributed by atoms with van der Waals surface area (Å²) in [7, 11) is -3.72. The highest BCUT2D eigenvalue weighted by molar-refractivity contribution is 7.92. The van der Waals surface area contributed by atoms with E-state index >= 15 is 0 Å². The Balaban J connectivity index is 1.62. The molecule has 0 heterocycles. The third-order valence-electron chi connectivity index (χ3n) is 5.16. The van der Waals surface area contributed by atoms with Crippen molar-refractivity contribution in [3.63, 3.8) is 0 Å². The van der Waals surface area contributed by atoms with Gasteiger partial charge in [-0.2, -0.15) is 0 Å². The van der Waals surface area contributed by atoms with E-state index in [1.165, 1.54) is 0 Å². The van der Waals surface area contributed by atoms with E-state index < -0.39 is 22.0 Å². The topological polar surface area (TPSA) is 84.9 Å². The Labute approximate surface area is 201 Å². The van der Waals surface area contributed by atoms with E-state index in [-0.39, 0.29) is 13.2 Å². The van der Waals surface area contributed by atoms with E-state index in [0.717, 1.165) is 27.4 Å². The Kier molecular flexibility index (Phi) is 8.17. The Morgan fingerprint density at radius 2 is 1.62 bits per heavy atom. The first kappa shape index (κ1) is 25.1. The fourth-order valence-electron chi connectivity index (χ4n) is 3.44. The number of hydrogen-bond acceptors (Lipinski definition) is 5. The van der Waals surface area contributed by atoms with E-state index in [2.05, 4.69) is 5.32 Å². The van der Waals surface area contributed by atoms with Crippen LogP contribution in [0.1, 0.15) is 18.1 Å². The smallest absolute Gasteiger partial charge is 0.243 e. The number of aryl methyl sites for hydroxylation is 2. The van der Waals surface area contributed by atoms with Gasteiger partial charge in [0.25, 0.3) is 0 Å². The summed E-state index contributed by atoms with van der Waals surface area (Å²) in [5.41, 5.74) is 2.47. The molecule has 3 aromatic rings. The predicted octanol–water partition coefficient (Wildman–Crippen LogP) is 4.45. The van der Waals surface area contributed by atoms with Crippen LogP contribution in [0.4, 0.5) is 5.69 Å². The molecule has 7 nitrogen and oxygen atoms in total. The SMILES string of the molecule is Cc1ccc(C)c(OCCNC(=O)C(C)N(c2ccc(Oc3ccccc3)cc2)S(C)(=O)=O)c1. The first-order valence-electron chi connectivity index (χ1n) is 11.0. The van der Waals surface area contributed by atoms with Crippen molar-refractivity contribution in [2.75, 3.05) is 23.7 Å². The molecule has 0 radical (unpaired) electrons. The van der Waals surface area contributed by atoms with Crippen LogP contribution in [0.3, 0.4) is 0 Å². The van der Waals surface area contributed by atoms with E-state index in [1.54, 1.807) is 31.2 Å². The van der Waals surface area contributed by atoms with Gasteiger partial charge >= 0.3 is 0 Å². The summed E-state index contributed by atoms with van der Waals surface area (Å²) >= 11 is 0. The van der Waals surface area contributed by atoms with Gasteiger partial charge in [0.2, 0.25) is 15.9 Å². The van der Waals surface area contributed by atoms with Crippen molar-refractivity contribution in [3.8, 4) is 17.2 Å². The van der Waals surface area contributed by atoms with E-state index in [9.17, 15) is 13.2 Å². The number of ether oxygens (including phenoxy) is 2. The molecule has 34 heavy (non-hydrogen) atoms. The standard InChI is InChI=1S/C26H30N2O5S/c1-19-10-11-20(2)25(18-19)32-17-16-27-26(29)21(3)28(34(4,30)31)22-12-14-24(15-13-22)33-23-8-6-5-7-9-23/h5-15,18,21H,16-17H2,1-4H3,(H,27,29). The highest BCUT2D eigenvalue weighted by atomic mass is 32.2. The summed E-state index contributed by atoms with van der Waals surface area (Å²) in [6, 6.07) is 20.8. The number of carbonyl (C=O) groups is 1. The van der Waals surface area contributed by atoms with Crippen molar-refractivity contribution < 1.29 is 22.7 Å². The van der Waals surface area contributed by atoms with Gasteiger partial charge in [0.05, 0.1) is 18.5 Å². The highest BCUT2D eigenvalue weighted by Gasteiger charge is 2.29. The number of rotatable bonds is 10. The van der Waals surface area contributed by atoms with Gasteiger partial charge < -0.3 is 14.8 Å². The van der Waals surface area contributed by atoms with Crippen molar-refractivity contribution in [3.05, 3.63) is 83.9 Å². The lowest BCUT2D eigenvalue weighted by molar-refractivity contribution is -0.121. The minimum Gasteiger partial charge on any atom is -0.491 e. The molecule has 3 rings (SSSR count). The molecule has 0 bridgehead atoms. The number of nitrogens with zero attached hydrogens (tertiary/aromatic N) is 1. The Hall–Kier alpha value is -3.52. The van der Waals surface area contributed by atoms with Crippen molar-refractivity contribution >= 4 is 21.6 Å². The molecule has 0 aliphatic rings. The van der Waals surface area contributed by atoms with Crippen LogP contribution in [0, 0.1) is 13.8 Å². The second-order valence-corrected chi connectivity index (χ2v) is 9.91. The van der Waals surface area contributed by atoms with Gasteiger partial charge in [-0.3, -0.25) is 9.10 Å². The maximum atomic E-state index is 12.7. The van der Waals surface area contributed by atoms with Crippen molar-refractivity contribution in [1.82, 2.24) is 5.32 Å². The van der Waals surface area contributed by atoms with Crippen LogP contribution < -0.4 is 19.1 Å². The molecule has 1 atom stereocenters. The van der Waals surface area contributed by atoms with Crippen LogP contribution in [0.15, 0.2) is 72.8 Å². The van der Waals surface area contributed by atoms with E-state index in [1.807, 2.05) is 62.4 Å². The lowest BCUT2D eigenvalue weighted by Gasteiger charge is -2.28. The Morgan fingerprint density at radius 3 is 2.26 bits per heavy atom. The van der Waals surface area contributed by atoms with Crippen LogP contribution >= 0.6 is 0 Å². The van der Waals surface area contributed by atoms with Gasteiger partial charge in [-0.1, -0.05) is 30.3 Å². The molecule has 0 aliphatic carbocycles. The lowest BCUT2D eigenvalue weighted by atomic mass is 10.1. The number of hydrogen-bond donors (Lipinski definition) is 1. The third-order valence-corrected chi connectivity index (χ3v) is 6.40. The van der Waals surface area contributed by atoms with Gasteiger partial charge in [0.15, 0.2) is 0 Å². The van der Waals surface area contributed by atoms with Crippen LogP contribution in [-0.4, -0.2) is 39.8 Å². The molecule has 180 valence electrons. The summed E-state index contributed by atoms with van der Waals surface area (Å²) in [5, 5.41) is 2.76. The second-order valence-electron chi connectivity index (χ2n) is 8.05. The minimum absolute atomic E-state index is 0.248. The number of carbonyl (C=O) groups excluding carboxylic acids is 1. The van der Waals surface area contributed by atoms with E-state index in [0.29, 0.717) is 17.2 Å². The van der Waals surface area contributed by atoms with Gasteiger partial charge in [-0.25, -0.2) is 8.42 Å². The number of amides is 1. The average molecular weight is 483 g/mol. The fourth-order valence-corrected chi connectivity index (χ4v) is 4.62. The fraction of sp³-hybridized carbons (Fsp3) is 0.269. The van der Waals surface area contributed by atoms with Gasteiger partial charge in [-0.05, 0) is 74.4 Å². The van der Waals surface area contributed by atoms with Crippen LogP contribution in [-0.2, 0) is 14.8 Å². The quantitative estimate of drug-likeness (QED) is 0.432. The van der Waals surface area contributed by atoms with Gasteiger partial charge in [0, 0.05) is 0 Å². The zero-order valence-corrected chi connectivity index (χ0v) is 20.6. The molecule has 3 aromatic carbocycles. The monoisotopic (exact) mass is 482 g/mol. The number of para-hydroxylation sites is 1. The maximum Gasteiger partial charge on any atom is 0.243 e. The molecule has 0 aliphatic heterocycles. The van der Waals surface area contributed by atoms with Gasteiger partial charge in [0.1, 0.15) is 29.9 Å². The summed E-state index contributed by atoms with van der Waals surface area (Å²) in [4.78, 5) is 12.7. The molecule has 0 fully saturated rings. The van der Waals surface area contributed by atoms with Gasteiger partial charge in [-0.15, -0.1) is 0 Å². The summed E-state index contributed by atoms with van der Waals surface area (Å²) in [5.74, 6) is 1.58. The molecule has 1 N–H and O–H groups in total. The molecule has 0 saturated heterocycles. The zero-order chi connectivity index (χ0) is 24.7. The minimum atomic E-state index is -3.72. The highest BCUT2D eigenvalue weighted by Crippen LogP contribution is 2.27. The molecule has 0 spiro atoms. The third kappa shape index (κ3) is 6.74. The zero-order valence-electron chi connectivity index (χ0n) is 19.8. The summed E-state index contributed by atoms with van der Waals surface area (Å²) < 4.78 is 37.7. The van der Waals surface area contributed by atoms with Crippen LogP contribution in [0.25, 0.3) is 0 Å². The largest absolute Gasteiger partial charge is 0.491 e. The molecular formula is C26H30N2O5S. The number of nitrogens with one attached hydrogen (secondary N) is 1.